The second kappa shape index (κ2) is 10.7. The Bertz CT molecular complexity index is 1210. The maximum Gasteiger partial charge on any atom is 0.411 e. The van der Waals surface area contributed by atoms with Gasteiger partial charge >= 0.3 is 6.09 Å². The van der Waals surface area contributed by atoms with Crippen LogP contribution in [0.1, 0.15) is 40.5 Å². The largest absolute Gasteiger partial charge is 0.495 e. The zero-order valence-electron chi connectivity index (χ0n) is 20.8. The number of methoxy groups -OCH3 is 1. The van der Waals surface area contributed by atoms with Crippen LogP contribution in [-0.2, 0) is 14.8 Å². The van der Waals surface area contributed by atoms with Gasteiger partial charge < -0.3 is 14.7 Å². The first-order valence-corrected chi connectivity index (χ1v) is 13.2. The lowest BCUT2D eigenvalue weighted by atomic mass is 10.0. The van der Waals surface area contributed by atoms with Crippen LogP contribution in [0.25, 0.3) is 11.1 Å². The lowest BCUT2D eigenvalue weighted by Crippen LogP contribution is -2.51. The predicted octanol–water partition coefficient (Wildman–Crippen LogP) is 4.41. The van der Waals surface area contributed by atoms with Gasteiger partial charge in [-0.3, -0.25) is 9.69 Å². The monoisotopic (exact) mass is 503 g/mol. The van der Waals surface area contributed by atoms with Gasteiger partial charge in [-0.1, -0.05) is 32.9 Å². The van der Waals surface area contributed by atoms with Crippen LogP contribution in [0, 0.1) is 0 Å². The van der Waals surface area contributed by atoms with Crippen LogP contribution in [0.2, 0.25) is 0 Å². The number of carbonyl (C=O) groups is 2. The Morgan fingerprint density at radius 2 is 1.69 bits per heavy atom. The molecule has 9 nitrogen and oxygen atoms in total. The van der Waals surface area contributed by atoms with E-state index < -0.39 is 16.1 Å². The molecule has 2 aromatic carbocycles. The molecular formula is C25H33N3O6S. The standard InChI is InChI=1S/C25H33N3O6S/c1-6-9-24(29)28-17(4)16-27(25(30)31)21-14-18(10-12-20(21)28)19-11-13-22(34-5)23(15-19)35(32,33)26(7-2)8-3/h10-15,17H,6-9,16H2,1-5H3,(H,30,31)/t17-/m0/s1. The van der Waals surface area contributed by atoms with E-state index in [0.717, 1.165) is 0 Å². The highest BCUT2D eigenvalue weighted by atomic mass is 32.2. The molecule has 2 amide bonds. The zero-order chi connectivity index (χ0) is 25.9. The fourth-order valence-corrected chi connectivity index (χ4v) is 6.10. The number of carbonyl (C=O) groups excluding carboxylic acids is 1. The number of carboxylic acid groups (broad SMARTS) is 1. The number of rotatable bonds is 8. The van der Waals surface area contributed by atoms with Gasteiger partial charge in [0.2, 0.25) is 15.9 Å². The summed E-state index contributed by atoms with van der Waals surface area (Å²) in [6, 6.07) is 9.76. The SMILES string of the molecule is CCCC(=O)N1c2ccc(-c3ccc(OC)c(S(=O)(=O)N(CC)CC)c3)cc2N(C(=O)O)C[C@@H]1C. The van der Waals surface area contributed by atoms with Gasteiger partial charge in [-0.05, 0) is 48.7 Å². The first kappa shape index (κ1) is 26.5. The summed E-state index contributed by atoms with van der Waals surface area (Å²) in [5.41, 5.74) is 2.14. The third-order valence-electron chi connectivity index (χ3n) is 6.20. The van der Waals surface area contributed by atoms with Crippen molar-refractivity contribution in [2.45, 2.75) is 51.5 Å². The molecule has 1 N–H and O–H groups in total. The van der Waals surface area contributed by atoms with E-state index in [0.29, 0.717) is 48.4 Å². The van der Waals surface area contributed by atoms with E-state index in [1.54, 1.807) is 55.1 Å². The second-order valence-electron chi connectivity index (χ2n) is 8.41. The molecule has 1 aliphatic heterocycles. The smallest absolute Gasteiger partial charge is 0.411 e. The van der Waals surface area contributed by atoms with Gasteiger partial charge in [0.25, 0.3) is 0 Å². The Hall–Kier alpha value is -3.11. The first-order chi connectivity index (χ1) is 16.6. The third-order valence-corrected chi connectivity index (χ3v) is 8.27. The highest BCUT2D eigenvalue weighted by Crippen LogP contribution is 2.40. The summed E-state index contributed by atoms with van der Waals surface area (Å²) < 4.78 is 33.2. The Balaban J connectivity index is 2.16. The van der Waals surface area contributed by atoms with Crippen LogP contribution >= 0.6 is 0 Å². The van der Waals surface area contributed by atoms with Crippen molar-refractivity contribution in [2.75, 3.05) is 36.5 Å². The predicted molar refractivity (Wildman–Crippen MR) is 136 cm³/mol. The number of anilines is 2. The molecule has 1 aliphatic rings. The van der Waals surface area contributed by atoms with Gasteiger partial charge in [0.1, 0.15) is 10.6 Å². The average Bonchev–Trinajstić information content (AvgIpc) is 2.83. The summed E-state index contributed by atoms with van der Waals surface area (Å²) in [5, 5.41) is 9.85. The zero-order valence-corrected chi connectivity index (χ0v) is 21.6. The van der Waals surface area contributed by atoms with Crippen molar-refractivity contribution in [3.05, 3.63) is 36.4 Å². The van der Waals surface area contributed by atoms with Crippen molar-refractivity contribution in [2.24, 2.45) is 0 Å². The first-order valence-electron chi connectivity index (χ1n) is 11.8. The van der Waals surface area contributed by atoms with Crippen molar-refractivity contribution < 1.29 is 27.9 Å². The molecule has 10 heteroatoms. The van der Waals surface area contributed by atoms with E-state index in [-0.39, 0.29) is 29.1 Å². The number of amides is 2. The van der Waals surface area contributed by atoms with Gasteiger partial charge in [-0.25, -0.2) is 13.2 Å². The van der Waals surface area contributed by atoms with Gasteiger partial charge in [-0.15, -0.1) is 0 Å². The molecule has 190 valence electrons. The Kier molecular flexibility index (Phi) is 8.07. The summed E-state index contributed by atoms with van der Waals surface area (Å²) in [6.45, 7) is 8.08. The van der Waals surface area contributed by atoms with Crippen molar-refractivity contribution in [3.63, 3.8) is 0 Å². The number of ether oxygens (including phenoxy) is 1. The molecule has 0 saturated heterocycles. The van der Waals surface area contributed by atoms with Gasteiger partial charge in [-0.2, -0.15) is 4.31 Å². The molecule has 0 unspecified atom stereocenters. The number of fused-ring (bicyclic) bond motifs is 1. The fourth-order valence-electron chi connectivity index (χ4n) is 4.46. The van der Waals surface area contributed by atoms with Crippen LogP contribution in [0.5, 0.6) is 5.75 Å². The number of nitrogens with zero attached hydrogens (tertiary/aromatic N) is 3. The number of hydrogen-bond donors (Lipinski definition) is 1. The summed E-state index contributed by atoms with van der Waals surface area (Å²) in [4.78, 5) is 27.8. The van der Waals surface area contributed by atoms with Gasteiger partial charge in [0.05, 0.1) is 24.5 Å². The Morgan fingerprint density at radius 1 is 1.06 bits per heavy atom. The lowest BCUT2D eigenvalue weighted by Gasteiger charge is -2.40. The molecule has 35 heavy (non-hydrogen) atoms. The maximum atomic E-state index is 13.3. The summed E-state index contributed by atoms with van der Waals surface area (Å²) >= 11 is 0. The Morgan fingerprint density at radius 3 is 2.26 bits per heavy atom. The van der Waals surface area contributed by atoms with E-state index in [4.69, 9.17) is 4.74 Å². The van der Waals surface area contributed by atoms with Crippen LogP contribution in [0.3, 0.4) is 0 Å². The molecule has 0 radical (unpaired) electrons. The summed E-state index contributed by atoms with van der Waals surface area (Å²) in [7, 11) is -2.38. The van der Waals surface area contributed by atoms with E-state index in [2.05, 4.69) is 0 Å². The number of benzene rings is 2. The van der Waals surface area contributed by atoms with Crippen molar-refractivity contribution in [1.82, 2.24) is 4.31 Å². The molecule has 0 saturated carbocycles. The molecule has 1 atom stereocenters. The average molecular weight is 504 g/mol. The molecule has 3 rings (SSSR count). The van der Waals surface area contributed by atoms with Crippen LogP contribution in [-0.4, -0.2) is 62.6 Å². The van der Waals surface area contributed by atoms with E-state index in [9.17, 15) is 23.1 Å². The molecule has 2 aromatic rings. The third kappa shape index (κ3) is 4.99. The van der Waals surface area contributed by atoms with E-state index in [1.165, 1.54) is 16.3 Å². The summed E-state index contributed by atoms with van der Waals surface area (Å²) in [5.74, 6) is 0.173. The minimum Gasteiger partial charge on any atom is -0.495 e. The topological polar surface area (TPSA) is 107 Å². The summed E-state index contributed by atoms with van der Waals surface area (Å²) in [6.07, 6.45) is -0.0606. The molecular weight excluding hydrogens is 470 g/mol. The Labute approximate surface area is 206 Å². The molecule has 0 fully saturated rings. The van der Waals surface area contributed by atoms with Crippen molar-refractivity contribution in [1.29, 1.82) is 0 Å². The second-order valence-corrected chi connectivity index (χ2v) is 10.3. The van der Waals surface area contributed by atoms with Gasteiger partial charge in [0, 0.05) is 26.1 Å². The molecule has 0 aliphatic carbocycles. The van der Waals surface area contributed by atoms with E-state index >= 15 is 0 Å². The van der Waals surface area contributed by atoms with Crippen LogP contribution in [0.15, 0.2) is 41.3 Å². The molecule has 1 heterocycles. The minimum absolute atomic E-state index is 0.0439. The van der Waals surface area contributed by atoms with Crippen LogP contribution in [0.4, 0.5) is 16.2 Å². The van der Waals surface area contributed by atoms with Crippen molar-refractivity contribution >= 4 is 33.4 Å². The fraction of sp³-hybridized carbons (Fsp3) is 0.440. The molecule has 0 aromatic heterocycles. The van der Waals surface area contributed by atoms with Crippen LogP contribution < -0.4 is 14.5 Å². The lowest BCUT2D eigenvalue weighted by molar-refractivity contribution is -0.119. The highest BCUT2D eigenvalue weighted by molar-refractivity contribution is 7.89. The van der Waals surface area contributed by atoms with E-state index in [1.807, 2.05) is 13.8 Å². The molecule has 0 spiro atoms. The number of hydrogen-bond acceptors (Lipinski definition) is 5. The quantitative estimate of drug-likeness (QED) is 0.572. The minimum atomic E-state index is -3.80. The highest BCUT2D eigenvalue weighted by Gasteiger charge is 2.35. The normalized spacial score (nSPS) is 15.8. The molecule has 0 bridgehead atoms. The maximum absolute atomic E-state index is 13.3. The number of sulfonamides is 1. The van der Waals surface area contributed by atoms with Gasteiger partial charge in [0.15, 0.2) is 0 Å². The van der Waals surface area contributed by atoms with Crippen molar-refractivity contribution in [3.8, 4) is 16.9 Å².